The minimum absolute atomic E-state index is 0.0872. The predicted molar refractivity (Wildman–Crippen MR) is 75.1 cm³/mol. The van der Waals surface area contributed by atoms with Crippen LogP contribution >= 0.6 is 0 Å². The van der Waals surface area contributed by atoms with Gasteiger partial charge in [0.05, 0.1) is 0 Å². The topological polar surface area (TPSA) is 66.4 Å². The molecule has 4 bridgehead atoms. The van der Waals surface area contributed by atoms with Gasteiger partial charge in [-0.1, -0.05) is 0 Å². The van der Waals surface area contributed by atoms with Gasteiger partial charge in [-0.05, 0) is 26.0 Å². The van der Waals surface area contributed by atoms with Gasteiger partial charge in [-0.3, -0.25) is 14.6 Å². The van der Waals surface area contributed by atoms with Gasteiger partial charge in [0.25, 0.3) is 0 Å². The molecule has 0 aliphatic carbocycles. The molecule has 0 atom stereocenters. The Kier molecular flexibility index (Phi) is 2.36. The molecule has 4 saturated heterocycles. The van der Waals surface area contributed by atoms with E-state index in [1.54, 1.807) is 6.07 Å². The molecule has 5 heteroatoms. The third-order valence-electron chi connectivity index (χ3n) is 5.71. The Morgan fingerprint density at radius 3 is 2.05 bits per heavy atom. The number of ketones is 1. The first-order valence-electron chi connectivity index (χ1n) is 7.58. The first kappa shape index (κ1) is 13.1. The maximum Gasteiger partial charge on any atom is 0.243 e. The van der Waals surface area contributed by atoms with Crippen molar-refractivity contribution >= 4 is 5.78 Å². The fourth-order valence-corrected chi connectivity index (χ4v) is 5.22. The lowest BCUT2D eigenvalue weighted by Crippen LogP contribution is -3.41. The highest BCUT2D eigenvalue weighted by molar-refractivity contribution is 5.91. The first-order valence-corrected chi connectivity index (χ1v) is 7.58. The summed E-state index contributed by atoms with van der Waals surface area (Å²) in [5.74, 6) is 0.675. The normalized spacial score (nSPS) is 44.3. The molecule has 112 valence electrons. The van der Waals surface area contributed by atoms with Crippen LogP contribution < -0.4 is 9.80 Å². The van der Waals surface area contributed by atoms with E-state index in [4.69, 9.17) is 0 Å². The van der Waals surface area contributed by atoms with Gasteiger partial charge >= 0.3 is 0 Å². The van der Waals surface area contributed by atoms with Crippen LogP contribution in [0, 0.1) is 10.8 Å². The predicted octanol–water partition coefficient (Wildman–Crippen LogP) is -1.51. The average Bonchev–Trinajstić information content (AvgIpc) is 2.36. The van der Waals surface area contributed by atoms with E-state index in [1.165, 1.54) is 15.9 Å². The number of rotatable bonds is 1. The van der Waals surface area contributed by atoms with Crippen molar-refractivity contribution in [2.45, 2.75) is 20.0 Å². The molecule has 4 heterocycles. The number of benzene rings is 1. The van der Waals surface area contributed by atoms with E-state index in [9.17, 15) is 15.0 Å². The Hall–Kier alpha value is -1.59. The van der Waals surface area contributed by atoms with Crippen molar-refractivity contribution in [2.24, 2.45) is 10.8 Å². The third kappa shape index (κ3) is 1.61. The second-order valence-corrected chi connectivity index (χ2v) is 7.65. The van der Waals surface area contributed by atoms with E-state index in [2.05, 4.69) is 13.8 Å². The van der Waals surface area contributed by atoms with Crippen molar-refractivity contribution in [3.63, 3.8) is 0 Å². The number of nitrogens with one attached hydrogen (secondary N) is 2. The van der Waals surface area contributed by atoms with Crippen LogP contribution in [0.4, 0.5) is 0 Å². The summed E-state index contributed by atoms with van der Waals surface area (Å²) in [4.78, 5) is 15.4. The van der Waals surface area contributed by atoms with Gasteiger partial charge < -0.3 is 10.2 Å². The Balaban J connectivity index is 1.77. The summed E-state index contributed by atoms with van der Waals surface area (Å²) in [6, 6.07) is 4.87. The highest BCUT2D eigenvalue weighted by Crippen LogP contribution is 2.37. The number of phenolic OH excluding ortho intramolecular Hbond substituents is 2. The molecule has 0 saturated carbocycles. The third-order valence-corrected chi connectivity index (χ3v) is 5.71. The van der Waals surface area contributed by atoms with Gasteiger partial charge in [-0.2, -0.15) is 0 Å². The monoisotopic (exact) mass is 290 g/mol. The largest absolute Gasteiger partial charge is 0.508 e. The van der Waals surface area contributed by atoms with E-state index >= 15 is 0 Å². The second kappa shape index (κ2) is 3.78. The van der Waals surface area contributed by atoms with Crippen molar-refractivity contribution < 1.29 is 24.8 Å². The Bertz CT molecular complexity index is 602. The average molecular weight is 290 g/mol. The van der Waals surface area contributed by atoms with Gasteiger partial charge in [0.15, 0.2) is 5.78 Å². The molecule has 1 aromatic carbocycles. The maximum absolute atomic E-state index is 12.7. The van der Waals surface area contributed by atoms with E-state index in [1.807, 2.05) is 6.07 Å². The summed E-state index contributed by atoms with van der Waals surface area (Å²) in [7, 11) is 0. The van der Waals surface area contributed by atoms with E-state index in [-0.39, 0.29) is 28.5 Å². The van der Waals surface area contributed by atoms with E-state index < -0.39 is 0 Å². The number of carbonyl (C=O) groups excluding carboxylic acids is 1. The second-order valence-electron chi connectivity index (χ2n) is 7.65. The number of piperidine rings is 2. The standard InChI is InChI=1S/C16H20N2O3/c1-15-6-17-8-16(2,14(15)21)9-18(7-15)13(17)11-4-3-10(19)5-12(11)20/h3-5,13,19-20H,6-9H2,1-2H3/p+2. The van der Waals surface area contributed by atoms with Crippen LogP contribution in [0.1, 0.15) is 25.6 Å². The summed E-state index contributed by atoms with van der Waals surface area (Å²) in [6.07, 6.45) is 0.167. The molecule has 4 aliphatic rings. The summed E-state index contributed by atoms with van der Waals surface area (Å²) in [5, 5.41) is 19.7. The van der Waals surface area contributed by atoms with Crippen molar-refractivity contribution in [3.05, 3.63) is 23.8 Å². The fourth-order valence-electron chi connectivity index (χ4n) is 5.22. The molecule has 4 aliphatic heterocycles. The molecule has 0 radical (unpaired) electrons. The number of hydrogen-bond donors (Lipinski definition) is 4. The number of phenols is 2. The van der Waals surface area contributed by atoms with Crippen LogP contribution in [0.15, 0.2) is 18.2 Å². The highest BCUT2D eigenvalue weighted by atomic mass is 16.3. The zero-order valence-corrected chi connectivity index (χ0v) is 12.4. The Labute approximate surface area is 123 Å². The molecule has 1 aromatic rings. The lowest BCUT2D eigenvalue weighted by atomic mass is 9.62. The number of Topliss-reactive ketones (excluding diaryl/α,β-unsaturated/α-hetero) is 1. The summed E-state index contributed by atoms with van der Waals surface area (Å²) in [6.45, 7) is 7.56. The molecule has 4 fully saturated rings. The molecule has 0 unspecified atom stereocenters. The van der Waals surface area contributed by atoms with Crippen molar-refractivity contribution in [1.29, 1.82) is 0 Å². The maximum atomic E-state index is 12.7. The van der Waals surface area contributed by atoms with Crippen molar-refractivity contribution in [3.8, 4) is 11.5 Å². The lowest BCUT2D eigenvalue weighted by Gasteiger charge is -2.58. The van der Waals surface area contributed by atoms with Gasteiger partial charge in [0.1, 0.15) is 54.1 Å². The zero-order valence-electron chi connectivity index (χ0n) is 12.4. The van der Waals surface area contributed by atoms with Gasteiger partial charge in [-0.25, -0.2) is 0 Å². The van der Waals surface area contributed by atoms with Crippen LogP contribution in [0.25, 0.3) is 0 Å². The smallest absolute Gasteiger partial charge is 0.243 e. The SMILES string of the molecule is CC12C[NH+]3CC(C)(C[NH+](C1)C3c1ccc(O)cc1O)C2=O. The minimum atomic E-state index is -0.223. The molecular weight excluding hydrogens is 268 g/mol. The molecule has 21 heavy (non-hydrogen) atoms. The van der Waals surface area contributed by atoms with Crippen LogP contribution in [0.2, 0.25) is 0 Å². The van der Waals surface area contributed by atoms with Crippen LogP contribution in [0.5, 0.6) is 11.5 Å². The van der Waals surface area contributed by atoms with Crippen LogP contribution in [-0.4, -0.2) is 42.2 Å². The highest BCUT2D eigenvalue weighted by Gasteiger charge is 2.68. The minimum Gasteiger partial charge on any atom is -0.508 e. The number of carbonyl (C=O) groups is 1. The molecule has 0 aromatic heterocycles. The van der Waals surface area contributed by atoms with Crippen molar-refractivity contribution in [1.82, 2.24) is 0 Å². The zero-order chi connectivity index (χ0) is 15.0. The first-order chi connectivity index (χ1) is 9.82. The number of aromatic hydroxyl groups is 2. The van der Waals surface area contributed by atoms with Gasteiger partial charge in [0, 0.05) is 6.07 Å². The molecule has 0 amide bonds. The van der Waals surface area contributed by atoms with Gasteiger partial charge in [0.2, 0.25) is 6.17 Å². The molecule has 0 spiro atoms. The fraction of sp³-hybridized carbons (Fsp3) is 0.562. The molecule has 4 N–H and O–H groups in total. The van der Waals surface area contributed by atoms with Gasteiger partial charge in [-0.15, -0.1) is 0 Å². The molecule has 5 nitrogen and oxygen atoms in total. The Morgan fingerprint density at radius 1 is 1.05 bits per heavy atom. The van der Waals surface area contributed by atoms with E-state index in [0.29, 0.717) is 5.78 Å². The summed E-state index contributed by atoms with van der Waals surface area (Å²) in [5.41, 5.74) is 0.439. The van der Waals surface area contributed by atoms with Crippen LogP contribution in [-0.2, 0) is 4.79 Å². The number of hydrogen-bond acceptors (Lipinski definition) is 3. The quantitative estimate of drug-likeness (QED) is 0.508. The number of quaternary nitrogens is 2. The summed E-state index contributed by atoms with van der Waals surface area (Å²) < 4.78 is 0. The lowest BCUT2D eigenvalue weighted by molar-refractivity contribution is -1.18. The van der Waals surface area contributed by atoms with Crippen LogP contribution in [0.3, 0.4) is 0 Å². The summed E-state index contributed by atoms with van der Waals surface area (Å²) >= 11 is 0. The molecule has 5 rings (SSSR count). The molecular formula is C16H22N2O3+2. The van der Waals surface area contributed by atoms with E-state index in [0.717, 1.165) is 31.7 Å². The van der Waals surface area contributed by atoms with Crippen molar-refractivity contribution in [2.75, 3.05) is 26.2 Å². The Morgan fingerprint density at radius 2 is 1.57 bits per heavy atom.